The first kappa shape index (κ1) is 24.8. The van der Waals surface area contributed by atoms with Crippen LogP contribution in [0.5, 0.6) is 0 Å². The van der Waals surface area contributed by atoms with E-state index in [2.05, 4.69) is 34.9 Å². The second-order valence-electron chi connectivity index (χ2n) is 9.85. The van der Waals surface area contributed by atoms with E-state index in [9.17, 15) is 14.4 Å². The summed E-state index contributed by atoms with van der Waals surface area (Å²) >= 11 is 0. The van der Waals surface area contributed by atoms with Crippen molar-refractivity contribution in [1.82, 2.24) is 10.6 Å². The molecular weight excluding hydrogens is 444 g/mol. The molecule has 2 unspecified atom stereocenters. The van der Waals surface area contributed by atoms with E-state index < -0.39 is 12.1 Å². The highest BCUT2D eigenvalue weighted by atomic mass is 16.5. The maximum atomic E-state index is 12.3. The van der Waals surface area contributed by atoms with Gasteiger partial charge in [0.15, 0.2) is 0 Å². The van der Waals surface area contributed by atoms with Crippen molar-refractivity contribution >= 4 is 18.0 Å². The summed E-state index contributed by atoms with van der Waals surface area (Å²) in [5.74, 6) is -0.343. The van der Waals surface area contributed by atoms with Crippen LogP contribution in [0.15, 0.2) is 48.5 Å². The number of aliphatic carboxylic acids is 1. The molecule has 35 heavy (non-hydrogen) atoms. The lowest BCUT2D eigenvalue weighted by Crippen LogP contribution is -2.33. The summed E-state index contributed by atoms with van der Waals surface area (Å²) in [7, 11) is 0. The van der Waals surface area contributed by atoms with Gasteiger partial charge in [0.25, 0.3) is 0 Å². The fraction of sp³-hybridized carbons (Fsp3) is 0.464. The molecule has 0 bridgehead atoms. The summed E-state index contributed by atoms with van der Waals surface area (Å²) in [6.07, 6.45) is 2.74. The second kappa shape index (κ2) is 11.4. The van der Waals surface area contributed by atoms with E-state index in [1.165, 1.54) is 22.3 Å². The number of carbonyl (C=O) groups excluding carboxylic acids is 2. The molecule has 186 valence electrons. The Morgan fingerprint density at radius 2 is 1.60 bits per heavy atom. The minimum atomic E-state index is -0.816. The number of rotatable bonds is 12. The topological polar surface area (TPSA) is 105 Å². The molecule has 0 aromatic heterocycles. The van der Waals surface area contributed by atoms with E-state index in [-0.39, 0.29) is 36.7 Å². The van der Waals surface area contributed by atoms with Crippen molar-refractivity contribution in [3.8, 4) is 11.1 Å². The summed E-state index contributed by atoms with van der Waals surface area (Å²) in [4.78, 5) is 35.6. The van der Waals surface area contributed by atoms with E-state index in [0.29, 0.717) is 31.8 Å². The third-order valence-corrected chi connectivity index (χ3v) is 7.07. The van der Waals surface area contributed by atoms with Gasteiger partial charge in [-0.05, 0) is 59.3 Å². The average molecular weight is 479 g/mol. The Morgan fingerprint density at radius 3 is 2.20 bits per heavy atom. The van der Waals surface area contributed by atoms with Crippen LogP contribution >= 0.6 is 0 Å². The molecule has 0 heterocycles. The summed E-state index contributed by atoms with van der Waals surface area (Å²) in [6.45, 7) is 3.08. The molecule has 4 rings (SSSR count). The van der Waals surface area contributed by atoms with E-state index >= 15 is 0 Å². The van der Waals surface area contributed by atoms with Crippen molar-refractivity contribution in [3.63, 3.8) is 0 Å². The van der Waals surface area contributed by atoms with Gasteiger partial charge in [-0.3, -0.25) is 9.59 Å². The quantitative estimate of drug-likeness (QED) is 0.415. The third-order valence-electron chi connectivity index (χ3n) is 7.07. The number of carboxylic acids is 1. The van der Waals surface area contributed by atoms with Crippen LogP contribution in [0.4, 0.5) is 4.79 Å². The molecule has 2 atom stereocenters. The first-order chi connectivity index (χ1) is 16.9. The number of hydrogen-bond donors (Lipinski definition) is 3. The Balaban J connectivity index is 1.15. The maximum Gasteiger partial charge on any atom is 0.407 e. The molecule has 0 saturated heterocycles. The van der Waals surface area contributed by atoms with Crippen LogP contribution in [0.3, 0.4) is 0 Å². The number of carboxylic acid groups (broad SMARTS) is 1. The standard InChI is InChI=1S/C28H34N2O5/c1-18(14-26(31)30-16-20(15-27(32)33)19-10-11-19)12-13-29-28(34)35-17-25-23-8-4-2-6-21(23)22-7-3-5-9-24(22)25/h2-9,18-20,25H,10-17H2,1H3,(H,29,34)(H,30,31)(H,32,33). The van der Waals surface area contributed by atoms with Gasteiger partial charge in [-0.1, -0.05) is 55.5 Å². The van der Waals surface area contributed by atoms with Crippen LogP contribution in [-0.4, -0.2) is 42.8 Å². The number of amides is 2. The lowest BCUT2D eigenvalue weighted by atomic mass is 9.98. The van der Waals surface area contributed by atoms with Crippen LogP contribution in [0.2, 0.25) is 0 Å². The van der Waals surface area contributed by atoms with E-state index in [1.54, 1.807) is 0 Å². The third kappa shape index (κ3) is 6.62. The lowest BCUT2D eigenvalue weighted by molar-refractivity contribution is -0.138. The number of alkyl carbamates (subject to hydrolysis) is 1. The number of ether oxygens (including phenoxy) is 1. The normalized spacial score (nSPS) is 16.0. The minimum absolute atomic E-state index is 0.0157. The van der Waals surface area contributed by atoms with Crippen LogP contribution in [0, 0.1) is 17.8 Å². The highest BCUT2D eigenvalue weighted by Gasteiger charge is 2.33. The van der Waals surface area contributed by atoms with Gasteiger partial charge in [0, 0.05) is 25.4 Å². The monoisotopic (exact) mass is 478 g/mol. The van der Waals surface area contributed by atoms with E-state index in [1.807, 2.05) is 31.2 Å². The molecule has 1 fully saturated rings. The van der Waals surface area contributed by atoms with Gasteiger partial charge >= 0.3 is 12.1 Å². The molecule has 0 aliphatic heterocycles. The van der Waals surface area contributed by atoms with Gasteiger partial charge in [-0.15, -0.1) is 0 Å². The molecule has 2 aliphatic carbocycles. The number of benzene rings is 2. The fourth-order valence-electron chi connectivity index (χ4n) is 5.00. The SMILES string of the molecule is CC(CCNC(=O)OCC1c2ccccc2-c2ccccc21)CC(=O)NCC(CC(=O)O)C1CC1. The van der Waals surface area contributed by atoms with E-state index in [0.717, 1.165) is 12.8 Å². The Morgan fingerprint density at radius 1 is 0.971 bits per heavy atom. The Kier molecular flexibility index (Phi) is 8.06. The summed E-state index contributed by atoms with van der Waals surface area (Å²) < 4.78 is 5.55. The van der Waals surface area contributed by atoms with Gasteiger partial charge in [-0.2, -0.15) is 0 Å². The lowest BCUT2D eigenvalue weighted by Gasteiger charge is -2.17. The van der Waals surface area contributed by atoms with Gasteiger partial charge < -0.3 is 20.5 Å². The molecule has 0 radical (unpaired) electrons. The van der Waals surface area contributed by atoms with E-state index in [4.69, 9.17) is 9.84 Å². The molecule has 2 amide bonds. The Bertz CT molecular complexity index is 1020. The molecular formula is C28H34N2O5. The molecule has 2 aromatic carbocycles. The smallest absolute Gasteiger partial charge is 0.407 e. The van der Waals surface area contributed by atoms with Crippen molar-refractivity contribution in [3.05, 3.63) is 59.7 Å². The first-order valence-electron chi connectivity index (χ1n) is 12.5. The molecule has 0 spiro atoms. The van der Waals surface area contributed by atoms with Gasteiger partial charge in [-0.25, -0.2) is 4.79 Å². The van der Waals surface area contributed by atoms with Gasteiger partial charge in [0.05, 0.1) is 6.42 Å². The van der Waals surface area contributed by atoms with Crippen LogP contribution in [-0.2, 0) is 14.3 Å². The Labute approximate surface area is 206 Å². The van der Waals surface area contributed by atoms with Crippen LogP contribution in [0.1, 0.15) is 56.1 Å². The molecule has 7 nitrogen and oxygen atoms in total. The Hall–Kier alpha value is -3.35. The van der Waals surface area contributed by atoms with Gasteiger partial charge in [0.2, 0.25) is 5.91 Å². The predicted molar refractivity (Wildman–Crippen MR) is 133 cm³/mol. The van der Waals surface area contributed by atoms with Crippen LogP contribution in [0.25, 0.3) is 11.1 Å². The zero-order chi connectivity index (χ0) is 24.8. The molecule has 7 heteroatoms. The number of fused-ring (bicyclic) bond motifs is 3. The van der Waals surface area contributed by atoms with Crippen molar-refractivity contribution in [2.24, 2.45) is 17.8 Å². The predicted octanol–water partition coefficient (Wildman–Crippen LogP) is 4.56. The number of carbonyl (C=O) groups is 3. The van der Waals surface area contributed by atoms with Crippen molar-refractivity contribution in [1.29, 1.82) is 0 Å². The number of nitrogens with one attached hydrogen (secondary N) is 2. The van der Waals surface area contributed by atoms with Crippen LogP contribution < -0.4 is 10.6 Å². The first-order valence-corrected chi connectivity index (χ1v) is 12.5. The van der Waals surface area contributed by atoms with Gasteiger partial charge in [0.1, 0.15) is 6.61 Å². The fourth-order valence-corrected chi connectivity index (χ4v) is 5.00. The van der Waals surface area contributed by atoms with Crippen molar-refractivity contribution in [2.75, 3.05) is 19.7 Å². The van der Waals surface area contributed by atoms with Crippen molar-refractivity contribution < 1.29 is 24.2 Å². The van der Waals surface area contributed by atoms with Crippen molar-refractivity contribution in [2.45, 2.75) is 44.9 Å². The number of hydrogen-bond acceptors (Lipinski definition) is 4. The zero-order valence-corrected chi connectivity index (χ0v) is 20.2. The zero-order valence-electron chi connectivity index (χ0n) is 20.2. The maximum absolute atomic E-state index is 12.3. The molecule has 3 N–H and O–H groups in total. The highest BCUT2D eigenvalue weighted by Crippen LogP contribution is 2.44. The summed E-state index contributed by atoms with van der Waals surface area (Å²) in [5, 5.41) is 14.7. The molecule has 2 aromatic rings. The summed E-state index contributed by atoms with van der Waals surface area (Å²) in [6, 6.07) is 16.4. The minimum Gasteiger partial charge on any atom is -0.481 e. The molecule has 1 saturated carbocycles. The summed E-state index contributed by atoms with van der Waals surface area (Å²) in [5.41, 5.74) is 4.73. The largest absolute Gasteiger partial charge is 0.481 e. The second-order valence-corrected chi connectivity index (χ2v) is 9.85. The highest BCUT2D eigenvalue weighted by molar-refractivity contribution is 5.79. The molecule has 2 aliphatic rings. The average Bonchev–Trinajstić information content (AvgIpc) is 3.63.